The van der Waals surface area contributed by atoms with Crippen molar-refractivity contribution in [3.63, 3.8) is 0 Å². The van der Waals surface area contributed by atoms with Gasteiger partial charge in [0.25, 0.3) is 0 Å². The van der Waals surface area contributed by atoms with Gasteiger partial charge in [0.05, 0.1) is 13.2 Å². The van der Waals surface area contributed by atoms with Crippen LogP contribution in [0.2, 0.25) is 0 Å². The maximum atomic E-state index is 12.6. The van der Waals surface area contributed by atoms with Gasteiger partial charge in [-0.1, -0.05) is 146 Å². The van der Waals surface area contributed by atoms with Crippen molar-refractivity contribution in [2.45, 2.75) is 187 Å². The second kappa shape index (κ2) is 39.7. The normalized spacial score (nSPS) is 13.8. The highest BCUT2D eigenvalue weighted by Gasteiger charge is 2.25. The number of hydrogen-bond donors (Lipinski definition) is 2. The minimum atomic E-state index is -4.39. The van der Waals surface area contributed by atoms with Gasteiger partial charge in [-0.3, -0.25) is 18.6 Å². The smallest absolute Gasteiger partial charge is 0.462 e. The molecule has 0 aromatic carbocycles. The van der Waals surface area contributed by atoms with Gasteiger partial charge in [0.1, 0.15) is 6.61 Å². The number of nitrogens with two attached hydrogens (primary N) is 1. The van der Waals surface area contributed by atoms with Crippen LogP contribution >= 0.6 is 7.82 Å². The number of unbranched alkanes of at least 4 members (excludes halogenated alkanes) is 18. The first-order chi connectivity index (χ1) is 25.8. The molecular formula is C43H78NO8P. The molecule has 0 aliphatic heterocycles. The molecule has 3 N–H and O–H groups in total. The number of ether oxygens (including phenoxy) is 2. The van der Waals surface area contributed by atoms with E-state index in [0.717, 1.165) is 57.8 Å². The molecule has 0 saturated heterocycles. The van der Waals surface area contributed by atoms with E-state index in [-0.39, 0.29) is 32.6 Å². The van der Waals surface area contributed by atoms with Gasteiger partial charge in [-0.15, -0.1) is 0 Å². The molecule has 0 fully saturated rings. The molecular weight excluding hydrogens is 689 g/mol. The van der Waals surface area contributed by atoms with E-state index in [1.54, 1.807) is 0 Å². The molecule has 0 aromatic heterocycles. The summed E-state index contributed by atoms with van der Waals surface area (Å²) in [7, 11) is -4.39. The zero-order valence-electron chi connectivity index (χ0n) is 33.7. The fourth-order valence-corrected chi connectivity index (χ4v) is 6.29. The molecule has 0 aromatic rings. The topological polar surface area (TPSA) is 134 Å². The summed E-state index contributed by atoms with van der Waals surface area (Å²) in [6, 6.07) is 0. The number of rotatable bonds is 39. The van der Waals surface area contributed by atoms with Gasteiger partial charge in [0, 0.05) is 19.4 Å². The molecule has 308 valence electrons. The molecule has 0 rings (SSSR count). The lowest BCUT2D eigenvalue weighted by atomic mass is 10.1. The lowest BCUT2D eigenvalue weighted by molar-refractivity contribution is -0.161. The molecule has 0 spiro atoms. The highest BCUT2D eigenvalue weighted by atomic mass is 31.2. The first-order valence-corrected chi connectivity index (χ1v) is 22.6. The first-order valence-electron chi connectivity index (χ1n) is 21.1. The number of phosphoric acid groups is 1. The predicted molar refractivity (Wildman–Crippen MR) is 220 cm³/mol. The summed E-state index contributed by atoms with van der Waals surface area (Å²) in [5, 5.41) is 0. The zero-order chi connectivity index (χ0) is 38.9. The van der Waals surface area contributed by atoms with E-state index < -0.39 is 32.5 Å². The highest BCUT2D eigenvalue weighted by molar-refractivity contribution is 7.47. The quantitative estimate of drug-likeness (QED) is 0.0271. The molecule has 53 heavy (non-hydrogen) atoms. The van der Waals surface area contributed by atoms with Crippen LogP contribution in [0.5, 0.6) is 0 Å². The minimum absolute atomic E-state index is 0.0444. The van der Waals surface area contributed by atoms with Gasteiger partial charge in [-0.2, -0.15) is 0 Å². The van der Waals surface area contributed by atoms with Crippen LogP contribution in [0.25, 0.3) is 0 Å². The summed E-state index contributed by atoms with van der Waals surface area (Å²) >= 11 is 0. The molecule has 0 aliphatic rings. The maximum absolute atomic E-state index is 12.6. The Morgan fingerprint density at radius 3 is 1.53 bits per heavy atom. The second-order valence-corrected chi connectivity index (χ2v) is 15.3. The van der Waals surface area contributed by atoms with Crippen molar-refractivity contribution >= 4 is 19.8 Å². The number of carbonyl (C=O) groups is 2. The molecule has 0 heterocycles. The van der Waals surface area contributed by atoms with E-state index in [9.17, 15) is 19.0 Å². The molecule has 10 heteroatoms. The van der Waals surface area contributed by atoms with Crippen molar-refractivity contribution in [2.75, 3.05) is 26.4 Å². The van der Waals surface area contributed by atoms with Crippen molar-refractivity contribution in [1.29, 1.82) is 0 Å². The average Bonchev–Trinajstić information content (AvgIpc) is 3.14. The monoisotopic (exact) mass is 768 g/mol. The van der Waals surface area contributed by atoms with Gasteiger partial charge < -0.3 is 20.1 Å². The Hall–Kier alpha value is -2.03. The summed E-state index contributed by atoms with van der Waals surface area (Å²) < 4.78 is 32.7. The molecule has 1 unspecified atom stereocenters. The van der Waals surface area contributed by atoms with Crippen molar-refractivity contribution in [1.82, 2.24) is 0 Å². The predicted octanol–water partition coefficient (Wildman–Crippen LogP) is 11.9. The molecule has 0 saturated carbocycles. The summed E-state index contributed by atoms with van der Waals surface area (Å²) in [6.07, 6.45) is 44.3. The summed E-state index contributed by atoms with van der Waals surface area (Å²) in [5.74, 6) is -0.901. The van der Waals surface area contributed by atoms with E-state index >= 15 is 0 Å². The number of esters is 2. The highest BCUT2D eigenvalue weighted by Crippen LogP contribution is 2.43. The Morgan fingerprint density at radius 1 is 0.566 bits per heavy atom. The Balaban J connectivity index is 4.27. The number of carbonyl (C=O) groups excluding carboxylic acids is 2. The van der Waals surface area contributed by atoms with Crippen molar-refractivity contribution in [3.05, 3.63) is 48.6 Å². The number of allylic oxidation sites excluding steroid dienone is 8. The van der Waals surface area contributed by atoms with Crippen LogP contribution < -0.4 is 5.73 Å². The maximum Gasteiger partial charge on any atom is 0.472 e. The van der Waals surface area contributed by atoms with E-state index in [0.29, 0.717) is 12.8 Å². The largest absolute Gasteiger partial charge is 0.472 e. The van der Waals surface area contributed by atoms with Crippen molar-refractivity contribution in [2.24, 2.45) is 5.73 Å². The van der Waals surface area contributed by atoms with E-state index in [4.69, 9.17) is 24.3 Å². The van der Waals surface area contributed by atoms with Gasteiger partial charge >= 0.3 is 19.8 Å². The molecule has 0 bridgehead atoms. The van der Waals surface area contributed by atoms with E-state index in [1.165, 1.54) is 83.5 Å². The van der Waals surface area contributed by atoms with Gasteiger partial charge in [-0.05, 0) is 70.6 Å². The Bertz CT molecular complexity index is 1010. The third-order valence-electron chi connectivity index (χ3n) is 8.69. The van der Waals surface area contributed by atoms with Crippen LogP contribution in [0.15, 0.2) is 48.6 Å². The molecule has 0 radical (unpaired) electrons. The zero-order valence-corrected chi connectivity index (χ0v) is 34.6. The summed E-state index contributed by atoms with van der Waals surface area (Å²) in [4.78, 5) is 34.8. The van der Waals surface area contributed by atoms with Crippen molar-refractivity contribution < 1.29 is 37.6 Å². The molecule has 0 amide bonds. The fraction of sp³-hybridized carbons (Fsp3) is 0.767. The van der Waals surface area contributed by atoms with E-state index in [1.807, 2.05) is 0 Å². The lowest BCUT2D eigenvalue weighted by Crippen LogP contribution is -2.29. The molecule has 0 aliphatic carbocycles. The third-order valence-corrected chi connectivity index (χ3v) is 9.67. The number of hydrogen-bond acceptors (Lipinski definition) is 8. The van der Waals surface area contributed by atoms with Crippen LogP contribution in [0.1, 0.15) is 181 Å². The standard InChI is InChI=1S/C43H78NO8P/c1-3-5-7-9-11-13-15-17-19-20-22-23-25-27-29-31-33-35-42(45)49-39-41(40-51-53(47,48)50-38-37-44)52-43(46)36-34-32-30-28-26-24-21-18-16-14-12-10-8-6-4-2/h17-19,21-23,27,29,41H,3-16,20,24-26,28,30-40,44H2,1-2H3,(H,47,48)/t41-/m1/s1. The first kappa shape index (κ1) is 51.0. The van der Waals surface area contributed by atoms with Gasteiger partial charge in [0.2, 0.25) is 0 Å². The minimum Gasteiger partial charge on any atom is -0.462 e. The van der Waals surface area contributed by atoms with Gasteiger partial charge in [0.15, 0.2) is 6.10 Å². The van der Waals surface area contributed by atoms with E-state index in [2.05, 4.69) is 62.5 Å². The number of phosphoric ester groups is 1. The summed E-state index contributed by atoms with van der Waals surface area (Å²) in [5.41, 5.74) is 5.34. The Kier molecular flexibility index (Phi) is 38.1. The molecule has 9 nitrogen and oxygen atoms in total. The lowest BCUT2D eigenvalue weighted by Gasteiger charge is -2.19. The average molecular weight is 768 g/mol. The Labute approximate surface area is 324 Å². The van der Waals surface area contributed by atoms with Crippen molar-refractivity contribution in [3.8, 4) is 0 Å². The SMILES string of the molecule is CCCCCCCCC=CCC=CCC=CCCCC(=O)OC[C@H](COP(=O)(O)OCCN)OC(=O)CCCCCCCC=CCCCCCCCC. The fourth-order valence-electron chi connectivity index (χ4n) is 5.53. The van der Waals surface area contributed by atoms with Gasteiger partial charge in [-0.25, -0.2) is 4.57 Å². The summed E-state index contributed by atoms with van der Waals surface area (Å²) in [6.45, 7) is 3.65. The third kappa shape index (κ3) is 39.5. The van der Waals surface area contributed by atoms with Crippen LogP contribution in [0.3, 0.4) is 0 Å². The van der Waals surface area contributed by atoms with Crippen LogP contribution in [-0.4, -0.2) is 49.3 Å². The van der Waals surface area contributed by atoms with Crippen LogP contribution in [0, 0.1) is 0 Å². The van der Waals surface area contributed by atoms with Crippen LogP contribution in [0.4, 0.5) is 0 Å². The Morgan fingerprint density at radius 2 is 1.00 bits per heavy atom. The second-order valence-electron chi connectivity index (χ2n) is 13.8. The molecule has 2 atom stereocenters. The van der Waals surface area contributed by atoms with Crippen LogP contribution in [-0.2, 0) is 32.7 Å².